The highest BCUT2D eigenvalue weighted by atomic mass is 35.5. The van der Waals surface area contributed by atoms with Crippen molar-refractivity contribution in [2.75, 3.05) is 0 Å². The van der Waals surface area contributed by atoms with Crippen LogP contribution in [0.15, 0.2) is 59.5 Å². The molecule has 0 spiro atoms. The minimum absolute atomic E-state index is 0.212. The molecule has 10 heteroatoms. The van der Waals surface area contributed by atoms with Crippen LogP contribution in [0.25, 0.3) is 10.9 Å². The second-order valence-electron chi connectivity index (χ2n) is 10.2. The van der Waals surface area contributed by atoms with Gasteiger partial charge in [-0.2, -0.15) is 0 Å². The van der Waals surface area contributed by atoms with E-state index in [2.05, 4.69) is 9.71 Å². The van der Waals surface area contributed by atoms with Crippen molar-refractivity contribution in [2.24, 2.45) is 0 Å². The predicted molar refractivity (Wildman–Crippen MR) is 151 cm³/mol. The van der Waals surface area contributed by atoms with E-state index < -0.39 is 27.3 Å². The molecule has 7 nitrogen and oxygen atoms in total. The van der Waals surface area contributed by atoms with E-state index in [0.717, 1.165) is 68.9 Å². The molecule has 1 atom stereocenters. The van der Waals surface area contributed by atoms with Gasteiger partial charge in [-0.3, -0.25) is 4.79 Å². The Labute approximate surface area is 237 Å². The number of fused-ring (bicyclic) bond motifs is 2. The first kappa shape index (κ1) is 27.9. The van der Waals surface area contributed by atoms with Crippen molar-refractivity contribution in [1.29, 1.82) is 0 Å². The molecule has 208 valence electrons. The van der Waals surface area contributed by atoms with Crippen LogP contribution in [0.1, 0.15) is 41.3 Å². The quantitative estimate of drug-likeness (QED) is 0.294. The van der Waals surface area contributed by atoms with Crippen LogP contribution in [0.3, 0.4) is 0 Å². The Balaban J connectivity index is 1.37. The van der Waals surface area contributed by atoms with Gasteiger partial charge in [-0.15, -0.1) is 0 Å². The molecule has 0 radical (unpaired) electrons. The first-order valence-corrected chi connectivity index (χ1v) is 14.6. The summed E-state index contributed by atoms with van der Waals surface area (Å²) in [4.78, 5) is 17.6. The van der Waals surface area contributed by atoms with E-state index in [9.17, 15) is 17.6 Å². The van der Waals surface area contributed by atoms with Gasteiger partial charge in [-0.05, 0) is 93.3 Å². The standard InChI is InChI=1S/C30H28ClFN2O5S/c1-17-18(2)28-25(19(3)27(17)38-16-23-10-6-20-5-7-21(31)15-26(20)33-23)13-14-30(4,39-28)29(35)34-40(36,37)24-11-8-22(32)9-12-24/h5-12,15H,13-14,16H2,1-4H3,(H,34,35). The number of hydrogen-bond acceptors (Lipinski definition) is 6. The predicted octanol–water partition coefficient (Wildman–Crippen LogP) is 6.12. The monoisotopic (exact) mass is 582 g/mol. The molecule has 3 aromatic carbocycles. The van der Waals surface area contributed by atoms with Crippen LogP contribution in [0.5, 0.6) is 11.5 Å². The van der Waals surface area contributed by atoms with E-state index >= 15 is 0 Å². The summed E-state index contributed by atoms with van der Waals surface area (Å²) in [7, 11) is -4.20. The van der Waals surface area contributed by atoms with Gasteiger partial charge in [-0.1, -0.05) is 23.7 Å². The van der Waals surface area contributed by atoms with Gasteiger partial charge in [0.2, 0.25) is 0 Å². The number of amides is 1. The van der Waals surface area contributed by atoms with E-state index in [-0.39, 0.29) is 17.9 Å². The molecule has 1 aliphatic heterocycles. The molecule has 1 aromatic heterocycles. The van der Waals surface area contributed by atoms with Crippen molar-refractivity contribution in [3.63, 3.8) is 0 Å². The van der Waals surface area contributed by atoms with Crippen LogP contribution in [0.2, 0.25) is 5.02 Å². The van der Waals surface area contributed by atoms with E-state index in [0.29, 0.717) is 17.2 Å². The van der Waals surface area contributed by atoms with Crippen molar-refractivity contribution in [3.8, 4) is 11.5 Å². The van der Waals surface area contributed by atoms with E-state index in [1.165, 1.54) is 0 Å². The highest BCUT2D eigenvalue weighted by Crippen LogP contribution is 2.44. The molecule has 1 amide bonds. The van der Waals surface area contributed by atoms with Crippen LogP contribution < -0.4 is 14.2 Å². The summed E-state index contributed by atoms with van der Waals surface area (Å²) in [6, 6.07) is 13.7. The number of pyridine rings is 1. The van der Waals surface area contributed by atoms with Crippen molar-refractivity contribution < 1.29 is 27.1 Å². The smallest absolute Gasteiger partial charge is 0.277 e. The number of hydrogen-bond donors (Lipinski definition) is 1. The summed E-state index contributed by atoms with van der Waals surface area (Å²) in [5.74, 6) is -0.101. The molecule has 0 saturated carbocycles. The van der Waals surface area contributed by atoms with Gasteiger partial charge in [0.25, 0.3) is 15.9 Å². The zero-order chi connectivity index (χ0) is 28.8. The molecule has 2 heterocycles. The molecule has 1 unspecified atom stereocenters. The van der Waals surface area contributed by atoms with E-state index in [1.54, 1.807) is 6.92 Å². The lowest BCUT2D eigenvalue weighted by atomic mass is 9.87. The highest BCUT2D eigenvalue weighted by Gasteiger charge is 2.42. The van der Waals surface area contributed by atoms with Crippen LogP contribution >= 0.6 is 11.6 Å². The lowest BCUT2D eigenvalue weighted by molar-refractivity contribution is -0.134. The molecule has 0 bridgehead atoms. The van der Waals surface area contributed by atoms with Gasteiger partial charge in [0.1, 0.15) is 23.9 Å². The second-order valence-corrected chi connectivity index (χ2v) is 12.3. The maximum atomic E-state index is 13.2. The molecular formula is C30H28ClFN2O5S. The van der Waals surface area contributed by atoms with Crippen molar-refractivity contribution in [2.45, 2.75) is 57.6 Å². The number of benzene rings is 3. The molecule has 1 N–H and O–H groups in total. The van der Waals surface area contributed by atoms with Gasteiger partial charge < -0.3 is 9.47 Å². The largest absolute Gasteiger partial charge is 0.487 e. The molecule has 0 fully saturated rings. The van der Waals surface area contributed by atoms with E-state index in [1.807, 2.05) is 51.1 Å². The summed E-state index contributed by atoms with van der Waals surface area (Å²) < 4.78 is 53.3. The van der Waals surface area contributed by atoms with E-state index in [4.69, 9.17) is 21.1 Å². The number of nitrogens with one attached hydrogen (secondary N) is 1. The number of ether oxygens (including phenoxy) is 2. The maximum absolute atomic E-state index is 13.2. The summed E-state index contributed by atoms with van der Waals surface area (Å²) in [5, 5.41) is 1.60. The number of carbonyl (C=O) groups excluding carboxylic acids is 1. The number of aromatic nitrogens is 1. The first-order valence-electron chi connectivity index (χ1n) is 12.7. The zero-order valence-corrected chi connectivity index (χ0v) is 24.0. The fraction of sp³-hybridized carbons (Fsp3) is 0.267. The molecule has 0 aliphatic carbocycles. The molecule has 5 rings (SSSR count). The second kappa shape index (κ2) is 10.4. The summed E-state index contributed by atoms with van der Waals surface area (Å²) in [6.45, 7) is 7.57. The lowest BCUT2D eigenvalue weighted by Gasteiger charge is -2.36. The molecule has 1 aliphatic rings. The average Bonchev–Trinajstić information content (AvgIpc) is 2.91. The van der Waals surface area contributed by atoms with Crippen LogP contribution in [-0.4, -0.2) is 24.9 Å². The topological polar surface area (TPSA) is 94.6 Å². The fourth-order valence-electron chi connectivity index (χ4n) is 4.87. The Morgan fingerprint density at radius 3 is 2.50 bits per heavy atom. The van der Waals surface area contributed by atoms with Crippen LogP contribution in [0.4, 0.5) is 4.39 Å². The summed E-state index contributed by atoms with van der Waals surface area (Å²) >= 11 is 6.12. The Bertz CT molecular complexity index is 1760. The minimum atomic E-state index is -4.20. The third-order valence-electron chi connectivity index (χ3n) is 7.40. The van der Waals surface area contributed by atoms with Crippen LogP contribution in [-0.2, 0) is 27.8 Å². The zero-order valence-electron chi connectivity index (χ0n) is 22.5. The number of rotatable bonds is 6. The number of halogens is 2. The van der Waals surface area contributed by atoms with Gasteiger partial charge in [0.05, 0.1) is 16.1 Å². The lowest BCUT2D eigenvalue weighted by Crippen LogP contribution is -2.52. The molecule has 0 saturated heterocycles. The fourth-order valence-corrected chi connectivity index (χ4v) is 6.11. The Hall–Kier alpha value is -3.69. The highest BCUT2D eigenvalue weighted by molar-refractivity contribution is 7.90. The summed E-state index contributed by atoms with van der Waals surface area (Å²) in [5.41, 5.74) is 3.56. The summed E-state index contributed by atoms with van der Waals surface area (Å²) in [6.07, 6.45) is 0.729. The Kier molecular flexibility index (Phi) is 7.22. The third kappa shape index (κ3) is 5.23. The maximum Gasteiger partial charge on any atom is 0.277 e. The van der Waals surface area contributed by atoms with Crippen LogP contribution in [0, 0.1) is 26.6 Å². The first-order chi connectivity index (χ1) is 18.9. The molecule has 40 heavy (non-hydrogen) atoms. The van der Waals surface area contributed by atoms with Crippen molar-refractivity contribution in [1.82, 2.24) is 9.71 Å². The van der Waals surface area contributed by atoms with Gasteiger partial charge in [0, 0.05) is 22.4 Å². The Morgan fingerprint density at radius 2 is 1.77 bits per heavy atom. The van der Waals surface area contributed by atoms with Crippen molar-refractivity contribution >= 4 is 38.4 Å². The number of nitrogens with zero attached hydrogens (tertiary/aromatic N) is 1. The average molecular weight is 583 g/mol. The number of sulfonamides is 1. The molecular weight excluding hydrogens is 555 g/mol. The third-order valence-corrected chi connectivity index (χ3v) is 8.98. The minimum Gasteiger partial charge on any atom is -0.487 e. The SMILES string of the molecule is Cc1c(C)c2c(c(C)c1OCc1ccc3ccc(Cl)cc3n1)CCC(C)(C(=O)NS(=O)(=O)c1ccc(F)cc1)O2. The number of carbonyl (C=O) groups is 1. The van der Waals surface area contributed by atoms with Gasteiger partial charge >= 0.3 is 0 Å². The molecule has 4 aromatic rings. The Morgan fingerprint density at radius 1 is 1.07 bits per heavy atom. The normalized spacial score (nSPS) is 16.8. The van der Waals surface area contributed by atoms with Gasteiger partial charge in [0.15, 0.2) is 5.60 Å². The van der Waals surface area contributed by atoms with Crippen molar-refractivity contribution in [3.05, 3.63) is 93.4 Å². The van der Waals surface area contributed by atoms with Gasteiger partial charge in [-0.25, -0.2) is 22.5 Å².